The molecule has 1 heterocycles. The summed E-state index contributed by atoms with van der Waals surface area (Å²) in [5, 5.41) is 12.5. The fraction of sp³-hybridized carbons (Fsp3) is 0.222. The highest BCUT2D eigenvalue weighted by Crippen LogP contribution is 2.29. The lowest BCUT2D eigenvalue weighted by Gasteiger charge is -2.22. The van der Waals surface area contributed by atoms with Crippen molar-refractivity contribution in [1.82, 2.24) is 5.32 Å². The second-order valence-electron chi connectivity index (χ2n) is 5.99. The number of hydrogen-bond donors (Lipinski definition) is 2. The summed E-state index contributed by atoms with van der Waals surface area (Å²) in [6.07, 6.45) is -1.32. The first kappa shape index (κ1) is 18.7. The molecule has 0 aromatic heterocycles. The topological polar surface area (TPSA) is 78.9 Å². The van der Waals surface area contributed by atoms with Gasteiger partial charge in [0.15, 0.2) is 0 Å². The van der Waals surface area contributed by atoms with Crippen LogP contribution in [0.2, 0.25) is 0 Å². The normalized spacial score (nSPS) is 19.3. The van der Waals surface area contributed by atoms with E-state index in [0.29, 0.717) is 11.8 Å². The molecule has 0 spiro atoms. The molecule has 2 N–H and O–H groups in total. The van der Waals surface area contributed by atoms with Gasteiger partial charge in [0.1, 0.15) is 17.5 Å². The minimum Gasteiger partial charge on any atom is -0.407 e. The van der Waals surface area contributed by atoms with Gasteiger partial charge < -0.3 is 20.1 Å². The molecule has 6 nitrogen and oxygen atoms in total. The van der Waals surface area contributed by atoms with Gasteiger partial charge in [0.05, 0.1) is 0 Å². The zero-order valence-electron chi connectivity index (χ0n) is 13.9. The standard InChI is InChI=1S/C18H15F3N2O4/c19-12-1-3-15(4-2-12)23-6-5-18(26,16(23)24)27-17(25)22-10-11-7-13(20)9-14(21)8-11/h1-4,7-9,26H,5-6,10H2,(H,22,25)/t18-/m0/s1. The quantitative estimate of drug-likeness (QED) is 0.799. The molecular weight excluding hydrogens is 365 g/mol. The summed E-state index contributed by atoms with van der Waals surface area (Å²) < 4.78 is 44.1. The van der Waals surface area contributed by atoms with Crippen molar-refractivity contribution in [1.29, 1.82) is 0 Å². The van der Waals surface area contributed by atoms with Gasteiger partial charge in [-0.05, 0) is 42.0 Å². The molecule has 1 atom stereocenters. The maximum Gasteiger partial charge on any atom is 0.410 e. The lowest BCUT2D eigenvalue weighted by molar-refractivity contribution is -0.175. The van der Waals surface area contributed by atoms with Crippen molar-refractivity contribution in [2.45, 2.75) is 18.8 Å². The molecule has 0 saturated carbocycles. The fourth-order valence-corrected chi connectivity index (χ4v) is 2.72. The first-order chi connectivity index (χ1) is 12.8. The molecule has 2 amide bonds. The van der Waals surface area contributed by atoms with Crippen LogP contribution in [0.5, 0.6) is 0 Å². The van der Waals surface area contributed by atoms with E-state index in [1.165, 1.54) is 12.1 Å². The monoisotopic (exact) mass is 380 g/mol. The Labute approximate surface area is 152 Å². The minimum absolute atomic E-state index is 0.0589. The summed E-state index contributed by atoms with van der Waals surface area (Å²) in [7, 11) is 0. The van der Waals surface area contributed by atoms with E-state index < -0.39 is 35.2 Å². The van der Waals surface area contributed by atoms with Gasteiger partial charge in [-0.25, -0.2) is 18.0 Å². The summed E-state index contributed by atoms with van der Waals surface area (Å²) in [6.45, 7) is -0.206. The Morgan fingerprint density at radius 1 is 1.11 bits per heavy atom. The fourth-order valence-electron chi connectivity index (χ4n) is 2.72. The van der Waals surface area contributed by atoms with Crippen molar-refractivity contribution in [2.24, 2.45) is 0 Å². The number of anilines is 1. The molecule has 2 aromatic carbocycles. The van der Waals surface area contributed by atoms with Crippen molar-refractivity contribution in [3.63, 3.8) is 0 Å². The van der Waals surface area contributed by atoms with Crippen LogP contribution in [-0.4, -0.2) is 29.4 Å². The van der Waals surface area contributed by atoms with E-state index in [9.17, 15) is 27.9 Å². The summed E-state index contributed by atoms with van der Waals surface area (Å²) in [6, 6.07) is 7.77. The van der Waals surface area contributed by atoms with Gasteiger partial charge in [0, 0.05) is 31.3 Å². The number of benzene rings is 2. The number of nitrogens with one attached hydrogen (secondary N) is 1. The molecule has 0 aliphatic carbocycles. The van der Waals surface area contributed by atoms with Gasteiger partial charge in [0.2, 0.25) is 0 Å². The number of carbonyl (C=O) groups excluding carboxylic acids is 2. The molecule has 0 radical (unpaired) electrons. The Morgan fingerprint density at radius 2 is 1.74 bits per heavy atom. The van der Waals surface area contributed by atoms with Gasteiger partial charge in [-0.1, -0.05) is 0 Å². The van der Waals surface area contributed by atoms with E-state index in [1.807, 2.05) is 0 Å². The van der Waals surface area contributed by atoms with E-state index in [2.05, 4.69) is 5.32 Å². The van der Waals surface area contributed by atoms with Gasteiger partial charge in [-0.3, -0.25) is 4.79 Å². The highest BCUT2D eigenvalue weighted by molar-refractivity contribution is 6.01. The van der Waals surface area contributed by atoms with Crippen molar-refractivity contribution in [3.05, 3.63) is 65.5 Å². The third-order valence-corrected chi connectivity index (χ3v) is 4.01. The van der Waals surface area contributed by atoms with Crippen LogP contribution >= 0.6 is 0 Å². The predicted octanol–water partition coefficient (Wildman–Crippen LogP) is 2.46. The van der Waals surface area contributed by atoms with Crippen molar-refractivity contribution in [3.8, 4) is 0 Å². The predicted molar refractivity (Wildman–Crippen MR) is 88.0 cm³/mol. The van der Waals surface area contributed by atoms with E-state index >= 15 is 0 Å². The molecule has 1 saturated heterocycles. The largest absolute Gasteiger partial charge is 0.410 e. The molecule has 2 aromatic rings. The Hall–Kier alpha value is -3.07. The molecule has 1 fully saturated rings. The SMILES string of the molecule is O=C(NCc1cc(F)cc(F)c1)O[C@@]1(O)CCN(c2ccc(F)cc2)C1=O. The highest BCUT2D eigenvalue weighted by atomic mass is 19.1. The van der Waals surface area contributed by atoms with E-state index in [0.717, 1.165) is 29.2 Å². The number of aliphatic hydroxyl groups is 1. The molecule has 142 valence electrons. The molecule has 0 bridgehead atoms. The Kier molecular flexibility index (Phi) is 5.04. The lowest BCUT2D eigenvalue weighted by atomic mass is 10.2. The van der Waals surface area contributed by atoms with Gasteiger partial charge >= 0.3 is 6.09 Å². The van der Waals surface area contributed by atoms with Crippen LogP contribution in [0.4, 0.5) is 23.7 Å². The minimum atomic E-state index is -2.38. The van der Waals surface area contributed by atoms with Crippen LogP contribution in [0.1, 0.15) is 12.0 Å². The van der Waals surface area contributed by atoms with E-state index in [1.54, 1.807) is 0 Å². The molecule has 1 aliphatic rings. The summed E-state index contributed by atoms with van der Waals surface area (Å²) in [5.74, 6) is -5.35. The van der Waals surface area contributed by atoms with Crippen molar-refractivity contribution in [2.75, 3.05) is 11.4 Å². The number of hydrogen-bond acceptors (Lipinski definition) is 4. The van der Waals surface area contributed by atoms with Gasteiger partial charge in [-0.2, -0.15) is 0 Å². The van der Waals surface area contributed by atoms with Crippen molar-refractivity contribution >= 4 is 17.7 Å². The number of amides is 2. The maximum absolute atomic E-state index is 13.1. The maximum atomic E-state index is 13.1. The smallest absolute Gasteiger partial charge is 0.407 e. The molecular formula is C18H15F3N2O4. The van der Waals surface area contributed by atoms with Gasteiger partial charge in [0.25, 0.3) is 11.7 Å². The summed E-state index contributed by atoms with van der Waals surface area (Å²) >= 11 is 0. The van der Waals surface area contributed by atoms with Gasteiger partial charge in [-0.15, -0.1) is 0 Å². The number of ether oxygens (including phenoxy) is 1. The Morgan fingerprint density at radius 3 is 2.37 bits per heavy atom. The number of halogens is 3. The number of nitrogens with zero attached hydrogens (tertiary/aromatic N) is 1. The first-order valence-corrected chi connectivity index (χ1v) is 7.98. The zero-order chi connectivity index (χ0) is 19.6. The average Bonchev–Trinajstić information content (AvgIpc) is 2.88. The van der Waals surface area contributed by atoms with Crippen LogP contribution in [0, 0.1) is 17.5 Å². The number of alkyl carbamates (subject to hydrolysis) is 1. The molecule has 3 rings (SSSR count). The van der Waals surface area contributed by atoms with Crippen molar-refractivity contribution < 1.29 is 32.6 Å². The molecule has 9 heteroatoms. The second kappa shape index (κ2) is 7.28. The number of carbonyl (C=O) groups is 2. The Balaban J connectivity index is 1.61. The third kappa shape index (κ3) is 4.20. The van der Waals surface area contributed by atoms with Crippen LogP contribution in [0.25, 0.3) is 0 Å². The Bertz CT molecular complexity index is 855. The summed E-state index contributed by atoms with van der Waals surface area (Å²) in [5.41, 5.74) is 0.485. The van der Waals surface area contributed by atoms with Crippen LogP contribution in [-0.2, 0) is 16.1 Å². The van der Waals surface area contributed by atoms with E-state index in [4.69, 9.17) is 4.74 Å². The molecule has 0 unspecified atom stereocenters. The zero-order valence-corrected chi connectivity index (χ0v) is 13.9. The second-order valence-corrected chi connectivity index (χ2v) is 5.99. The number of rotatable bonds is 4. The lowest BCUT2D eigenvalue weighted by Crippen LogP contribution is -2.46. The average molecular weight is 380 g/mol. The van der Waals surface area contributed by atoms with E-state index in [-0.39, 0.29) is 25.1 Å². The summed E-state index contributed by atoms with van der Waals surface area (Å²) in [4.78, 5) is 25.4. The highest BCUT2D eigenvalue weighted by Gasteiger charge is 2.49. The first-order valence-electron chi connectivity index (χ1n) is 7.98. The van der Waals surface area contributed by atoms with Crippen LogP contribution < -0.4 is 10.2 Å². The third-order valence-electron chi connectivity index (χ3n) is 4.01. The molecule has 1 aliphatic heterocycles. The van der Waals surface area contributed by atoms with Crippen LogP contribution in [0.15, 0.2) is 42.5 Å². The molecule has 27 heavy (non-hydrogen) atoms. The van der Waals surface area contributed by atoms with Crippen LogP contribution in [0.3, 0.4) is 0 Å².